The number of allylic oxidation sites excluding steroid dienone is 2. The molecule has 172 valence electrons. The van der Waals surface area contributed by atoms with Gasteiger partial charge in [-0.2, -0.15) is 0 Å². The van der Waals surface area contributed by atoms with Gasteiger partial charge >= 0.3 is 0 Å². The molecule has 1 aliphatic rings. The van der Waals surface area contributed by atoms with Crippen molar-refractivity contribution in [3.8, 4) is 11.8 Å². The summed E-state index contributed by atoms with van der Waals surface area (Å²) in [5.74, 6) is 6.62. The van der Waals surface area contributed by atoms with Gasteiger partial charge in [-0.25, -0.2) is 0 Å². The Morgan fingerprint density at radius 1 is 1.23 bits per heavy atom. The molecular formula is C28H45N3. The first-order valence-electron chi connectivity index (χ1n) is 11.0. The average Bonchev–Trinajstić information content (AvgIpc) is 3.24. The fourth-order valence-electron chi connectivity index (χ4n) is 3.39. The molecule has 0 amide bonds. The van der Waals surface area contributed by atoms with E-state index in [-0.39, 0.29) is 13.0 Å². The molecule has 2 rings (SSSR count). The second-order valence-corrected chi connectivity index (χ2v) is 8.53. The summed E-state index contributed by atoms with van der Waals surface area (Å²) in [5, 5.41) is 6.83. The molecule has 0 bridgehead atoms. The summed E-state index contributed by atoms with van der Waals surface area (Å²) in [7, 11) is 1.98. The zero-order valence-corrected chi connectivity index (χ0v) is 19.3. The van der Waals surface area contributed by atoms with Crippen LogP contribution in [0.1, 0.15) is 70.9 Å². The number of hydrogen-bond donors (Lipinski definition) is 3. The van der Waals surface area contributed by atoms with Crippen LogP contribution in [0.25, 0.3) is 5.70 Å². The lowest BCUT2D eigenvalue weighted by atomic mass is 9.96. The Morgan fingerprint density at radius 2 is 1.90 bits per heavy atom. The molecule has 0 aromatic heterocycles. The molecule has 0 heterocycles. The second kappa shape index (κ2) is 15.5. The van der Waals surface area contributed by atoms with Gasteiger partial charge in [0, 0.05) is 30.2 Å². The standard InChI is InChI=1S/C25H37N3.C2H4.CH4/c1-20(28-24(19-27-4)17-18-25(2,3)26)23-15-13-22(14-16-23)12-8-7-11-21-9-5-6-10-21;1-2;/h9,13-16,24,27-28H,1,5-6,8,10,12,17-19,26H2,2-4H3;1-2H2;1H4/t24-;;/m0../s1. The third-order valence-electron chi connectivity index (χ3n) is 5.10. The van der Waals surface area contributed by atoms with Crippen LogP contribution in [0.15, 0.2) is 55.7 Å². The van der Waals surface area contributed by atoms with Crippen LogP contribution in [-0.4, -0.2) is 25.2 Å². The van der Waals surface area contributed by atoms with Gasteiger partial charge in [0.2, 0.25) is 0 Å². The number of aryl methyl sites for hydroxylation is 1. The molecular weight excluding hydrogens is 378 g/mol. The number of likely N-dealkylation sites (N-methyl/N-ethyl adjacent to an activating group) is 1. The Hall–Kier alpha value is -2.28. The summed E-state index contributed by atoms with van der Waals surface area (Å²) < 4.78 is 0. The van der Waals surface area contributed by atoms with Crippen LogP contribution in [-0.2, 0) is 6.42 Å². The highest BCUT2D eigenvalue weighted by Crippen LogP contribution is 2.17. The van der Waals surface area contributed by atoms with E-state index in [4.69, 9.17) is 5.73 Å². The van der Waals surface area contributed by atoms with Gasteiger partial charge in [-0.3, -0.25) is 0 Å². The van der Waals surface area contributed by atoms with Crippen LogP contribution in [0.2, 0.25) is 0 Å². The van der Waals surface area contributed by atoms with E-state index < -0.39 is 0 Å². The molecule has 0 aliphatic heterocycles. The Kier molecular flexibility index (Phi) is 14.4. The van der Waals surface area contributed by atoms with Crippen LogP contribution in [0.5, 0.6) is 0 Å². The maximum Gasteiger partial charge on any atom is 0.0386 e. The van der Waals surface area contributed by atoms with Crippen LogP contribution >= 0.6 is 0 Å². The molecule has 0 unspecified atom stereocenters. The molecule has 0 saturated heterocycles. The van der Waals surface area contributed by atoms with E-state index in [1.165, 1.54) is 24.0 Å². The maximum absolute atomic E-state index is 6.14. The summed E-state index contributed by atoms with van der Waals surface area (Å²) in [4.78, 5) is 0. The minimum absolute atomic E-state index is 0. The Balaban J connectivity index is 0.00000291. The van der Waals surface area contributed by atoms with Crippen molar-refractivity contribution in [3.05, 3.63) is 66.8 Å². The monoisotopic (exact) mass is 423 g/mol. The smallest absolute Gasteiger partial charge is 0.0386 e. The SMILES string of the molecule is C.C=C.C=C(N[C@@H](CCC(C)(C)N)CNC)c1ccc(CCC#CC2=CCCC2)cc1. The predicted molar refractivity (Wildman–Crippen MR) is 140 cm³/mol. The average molecular weight is 424 g/mol. The Bertz CT molecular complexity index is 726. The molecule has 1 aromatic rings. The van der Waals surface area contributed by atoms with Crippen LogP contribution < -0.4 is 16.4 Å². The first-order valence-corrected chi connectivity index (χ1v) is 11.0. The van der Waals surface area contributed by atoms with Gasteiger partial charge in [-0.05, 0) is 76.1 Å². The first kappa shape index (κ1) is 28.7. The second-order valence-electron chi connectivity index (χ2n) is 8.53. The van der Waals surface area contributed by atoms with E-state index >= 15 is 0 Å². The Labute approximate surface area is 192 Å². The molecule has 3 nitrogen and oxygen atoms in total. The molecule has 1 atom stereocenters. The normalized spacial score (nSPS) is 13.5. The van der Waals surface area contributed by atoms with Crippen LogP contribution in [0.3, 0.4) is 0 Å². The van der Waals surface area contributed by atoms with Gasteiger partial charge in [-0.1, -0.05) is 56.2 Å². The number of nitrogens with two attached hydrogens (primary N) is 1. The largest absolute Gasteiger partial charge is 0.381 e. The van der Waals surface area contributed by atoms with Crippen molar-refractivity contribution in [1.29, 1.82) is 0 Å². The third-order valence-corrected chi connectivity index (χ3v) is 5.10. The third kappa shape index (κ3) is 12.2. The molecule has 0 radical (unpaired) electrons. The van der Waals surface area contributed by atoms with E-state index in [0.29, 0.717) is 6.04 Å². The van der Waals surface area contributed by atoms with Gasteiger partial charge in [0.25, 0.3) is 0 Å². The first-order chi connectivity index (χ1) is 14.4. The summed E-state index contributed by atoms with van der Waals surface area (Å²) >= 11 is 0. The van der Waals surface area contributed by atoms with E-state index in [9.17, 15) is 0 Å². The van der Waals surface area contributed by atoms with Crippen molar-refractivity contribution in [2.45, 2.75) is 77.8 Å². The highest BCUT2D eigenvalue weighted by Gasteiger charge is 2.16. The molecule has 1 aliphatic carbocycles. The number of hydrogen-bond acceptors (Lipinski definition) is 3. The minimum atomic E-state index is -0.145. The van der Waals surface area contributed by atoms with Gasteiger partial charge in [0.1, 0.15) is 0 Å². The van der Waals surface area contributed by atoms with Crippen molar-refractivity contribution in [2.24, 2.45) is 5.73 Å². The maximum atomic E-state index is 6.14. The Morgan fingerprint density at radius 3 is 2.45 bits per heavy atom. The topological polar surface area (TPSA) is 50.1 Å². The van der Waals surface area contributed by atoms with E-state index in [2.05, 4.69) is 86.4 Å². The molecule has 4 N–H and O–H groups in total. The van der Waals surface area contributed by atoms with Gasteiger partial charge in [0.15, 0.2) is 0 Å². The van der Waals surface area contributed by atoms with Crippen LogP contribution in [0.4, 0.5) is 0 Å². The lowest BCUT2D eigenvalue weighted by Gasteiger charge is -2.25. The molecule has 1 aromatic carbocycles. The summed E-state index contributed by atoms with van der Waals surface area (Å²) in [6, 6.07) is 9.01. The number of rotatable bonds is 10. The summed E-state index contributed by atoms with van der Waals surface area (Å²) in [5.41, 5.74) is 10.7. The molecule has 31 heavy (non-hydrogen) atoms. The summed E-state index contributed by atoms with van der Waals surface area (Å²) in [6.45, 7) is 15.3. The van der Waals surface area contributed by atoms with Gasteiger partial charge < -0.3 is 16.4 Å². The summed E-state index contributed by atoms with van der Waals surface area (Å²) in [6.07, 6.45) is 9.78. The van der Waals surface area contributed by atoms with Crippen molar-refractivity contribution >= 4 is 5.70 Å². The van der Waals surface area contributed by atoms with E-state index in [1.54, 1.807) is 0 Å². The molecule has 0 spiro atoms. The zero-order chi connectivity index (χ0) is 22.4. The van der Waals surface area contributed by atoms with E-state index in [0.717, 1.165) is 49.9 Å². The molecule has 0 fully saturated rings. The fourth-order valence-corrected chi connectivity index (χ4v) is 3.39. The fraction of sp³-hybridized carbons (Fsp3) is 0.500. The van der Waals surface area contributed by atoms with Gasteiger partial charge in [0.05, 0.1) is 0 Å². The lowest BCUT2D eigenvalue weighted by molar-refractivity contribution is 0.407. The van der Waals surface area contributed by atoms with Crippen molar-refractivity contribution in [1.82, 2.24) is 10.6 Å². The van der Waals surface area contributed by atoms with Crippen molar-refractivity contribution in [3.63, 3.8) is 0 Å². The zero-order valence-electron chi connectivity index (χ0n) is 19.3. The van der Waals surface area contributed by atoms with Crippen LogP contribution in [0, 0.1) is 11.8 Å². The predicted octanol–water partition coefficient (Wildman–Crippen LogP) is 5.84. The highest BCUT2D eigenvalue weighted by atomic mass is 15.0. The lowest BCUT2D eigenvalue weighted by Crippen LogP contribution is -2.40. The minimum Gasteiger partial charge on any atom is -0.381 e. The number of benzene rings is 1. The van der Waals surface area contributed by atoms with Crippen molar-refractivity contribution in [2.75, 3.05) is 13.6 Å². The molecule has 3 heteroatoms. The van der Waals surface area contributed by atoms with Gasteiger partial charge in [-0.15, -0.1) is 13.2 Å². The van der Waals surface area contributed by atoms with Crippen molar-refractivity contribution < 1.29 is 0 Å². The van der Waals surface area contributed by atoms with E-state index in [1.807, 2.05) is 7.05 Å². The number of nitrogens with one attached hydrogen (secondary N) is 2. The quantitative estimate of drug-likeness (QED) is 0.327. The molecule has 0 saturated carbocycles. The highest BCUT2D eigenvalue weighted by molar-refractivity contribution is 5.62.